The van der Waals surface area contributed by atoms with Crippen molar-refractivity contribution in [2.45, 2.75) is 19.4 Å². The van der Waals surface area contributed by atoms with Crippen LogP contribution in [0.4, 0.5) is 0 Å². The molecule has 1 unspecified atom stereocenters. The molecule has 0 saturated heterocycles. The van der Waals surface area contributed by atoms with Gasteiger partial charge < -0.3 is 6.53 Å². The van der Waals surface area contributed by atoms with E-state index >= 15 is 0 Å². The molecule has 0 spiro atoms. The molecule has 0 rings (SSSR count). The molecule has 0 aromatic carbocycles. The van der Waals surface area contributed by atoms with Crippen molar-refractivity contribution in [1.29, 1.82) is 0 Å². The number of aliphatic hydroxyl groups is 1. The first-order valence-electron chi connectivity index (χ1n) is 3.64. The Hall–Kier alpha value is 0.610. The summed E-state index contributed by atoms with van der Waals surface area (Å²) in [5.74, 6) is -0.154. The van der Waals surface area contributed by atoms with Crippen molar-refractivity contribution in [1.82, 2.24) is 0 Å². The average Bonchev–Trinajstić information content (AvgIpc) is 1.98. The molecule has 0 aromatic heterocycles. The molecule has 0 fully saturated rings. The van der Waals surface area contributed by atoms with Crippen molar-refractivity contribution in [3.8, 4) is 0 Å². The van der Waals surface area contributed by atoms with Gasteiger partial charge in [0.05, 0.1) is 18.5 Å². The maximum absolute atomic E-state index is 10.9. The van der Waals surface area contributed by atoms with Gasteiger partial charge in [-0.25, -0.2) is 0 Å². The van der Waals surface area contributed by atoms with E-state index in [-0.39, 0.29) is 49.8 Å². The molecule has 0 radical (unpaired) electrons. The summed E-state index contributed by atoms with van der Waals surface area (Å²) in [5.41, 5.74) is 0. The molecule has 0 aliphatic heterocycles. The van der Waals surface area contributed by atoms with Crippen molar-refractivity contribution in [3.63, 3.8) is 0 Å². The van der Waals surface area contributed by atoms with E-state index in [9.17, 15) is 8.42 Å². The Balaban J connectivity index is -0.000000605. The van der Waals surface area contributed by atoms with Gasteiger partial charge in [-0.1, -0.05) is 6.08 Å². The molecule has 0 amide bonds. The maximum atomic E-state index is 10.9. The van der Waals surface area contributed by atoms with E-state index in [1.807, 2.05) is 0 Å². The van der Waals surface area contributed by atoms with E-state index in [4.69, 9.17) is 5.11 Å². The van der Waals surface area contributed by atoms with Crippen molar-refractivity contribution in [2.75, 3.05) is 12.4 Å². The molecule has 74 valence electrons. The smallest absolute Gasteiger partial charge is 1.00 e. The van der Waals surface area contributed by atoms with Crippen molar-refractivity contribution in [3.05, 3.63) is 12.7 Å². The fourth-order valence-electron chi connectivity index (χ4n) is 0.526. The first-order chi connectivity index (χ1) is 5.48. The van der Waals surface area contributed by atoms with Crippen LogP contribution >= 0.6 is 0 Å². The van der Waals surface area contributed by atoms with Crippen LogP contribution in [0.15, 0.2) is 12.7 Å². The molecule has 0 aromatic rings. The molecule has 0 aliphatic carbocycles. The van der Waals surface area contributed by atoms with Gasteiger partial charge in [-0.05, 0) is 13.3 Å². The van der Waals surface area contributed by atoms with Gasteiger partial charge in [-0.3, -0.25) is 4.18 Å². The van der Waals surface area contributed by atoms with E-state index in [2.05, 4.69) is 10.8 Å². The second-order valence-electron chi connectivity index (χ2n) is 2.47. The third kappa shape index (κ3) is 10.5. The molecule has 6 heteroatoms. The summed E-state index contributed by atoms with van der Waals surface area (Å²) in [5, 5.41) is 8.80. The summed E-state index contributed by atoms with van der Waals surface area (Å²) < 4.78 is 26.3. The number of rotatable bonds is 6. The van der Waals surface area contributed by atoms with Crippen molar-refractivity contribution in [2.24, 2.45) is 0 Å². The van der Waals surface area contributed by atoms with Crippen LogP contribution < -0.4 is 29.6 Å². The zero-order chi connectivity index (χ0) is 9.61. The van der Waals surface area contributed by atoms with Gasteiger partial charge in [0.25, 0.3) is 10.1 Å². The van der Waals surface area contributed by atoms with E-state index < -0.39 is 16.2 Å². The minimum atomic E-state index is -3.47. The first-order valence-corrected chi connectivity index (χ1v) is 5.21. The summed E-state index contributed by atoms with van der Waals surface area (Å²) in [6, 6.07) is 0. The Morgan fingerprint density at radius 2 is 2.23 bits per heavy atom. The van der Waals surface area contributed by atoms with E-state index in [1.165, 1.54) is 13.0 Å². The Labute approximate surface area is 103 Å². The van der Waals surface area contributed by atoms with Gasteiger partial charge in [0.2, 0.25) is 0 Å². The van der Waals surface area contributed by atoms with Crippen molar-refractivity contribution < 1.29 is 48.7 Å². The van der Waals surface area contributed by atoms with Crippen LogP contribution in [0.25, 0.3) is 0 Å². The minimum absolute atomic E-state index is 0. The Morgan fingerprint density at radius 1 is 1.69 bits per heavy atom. The molecule has 0 aliphatic rings. The zero-order valence-electron chi connectivity index (χ0n) is 9.06. The summed E-state index contributed by atoms with van der Waals surface area (Å²) in [6.07, 6.45) is 0.937. The number of hydrogen-bond donors (Lipinski definition) is 1. The normalized spacial score (nSPS) is 13.1. The van der Waals surface area contributed by atoms with Crippen LogP contribution in [0.5, 0.6) is 0 Å². The molecule has 4 nitrogen and oxygen atoms in total. The summed E-state index contributed by atoms with van der Waals surface area (Å²) in [7, 11) is -3.47. The second kappa shape index (κ2) is 7.96. The van der Waals surface area contributed by atoms with Crippen LogP contribution in [0.1, 0.15) is 14.8 Å². The second-order valence-corrected chi connectivity index (χ2v) is 4.23. The summed E-state index contributed by atoms with van der Waals surface area (Å²) >= 11 is 0. The average molecular weight is 218 g/mol. The topological polar surface area (TPSA) is 63.6 Å². The molecule has 1 atom stereocenters. The van der Waals surface area contributed by atoms with Gasteiger partial charge in [-0.2, -0.15) is 8.42 Å². The van der Waals surface area contributed by atoms with Crippen LogP contribution in [-0.2, 0) is 14.3 Å². The fraction of sp³-hybridized carbons (Fsp3) is 0.714. The van der Waals surface area contributed by atoms with Gasteiger partial charge in [0.1, 0.15) is 0 Å². The van der Waals surface area contributed by atoms with Gasteiger partial charge in [-0.15, -0.1) is 6.58 Å². The van der Waals surface area contributed by atoms with E-state index in [0.717, 1.165) is 0 Å². The van der Waals surface area contributed by atoms with Gasteiger partial charge >= 0.3 is 29.6 Å². The largest absolute Gasteiger partial charge is 1.00 e. The molecule has 0 bridgehead atoms. The molecule has 1 N–H and O–H groups in total. The van der Waals surface area contributed by atoms with E-state index in [1.54, 1.807) is 0 Å². The Kier molecular flexibility index (Phi) is 9.83. The molecule has 0 heterocycles. The maximum Gasteiger partial charge on any atom is 1.00 e. The first kappa shape index (κ1) is 16.1. The van der Waals surface area contributed by atoms with Crippen molar-refractivity contribution >= 4 is 10.1 Å². The summed E-state index contributed by atoms with van der Waals surface area (Å²) in [6.45, 7) is 4.84. The number of hydrogen-bond acceptors (Lipinski definition) is 4. The zero-order valence-corrected chi connectivity index (χ0v) is 10.9. The fourth-order valence-corrected chi connectivity index (χ4v) is 1.58. The molecular weight excluding hydrogens is 203 g/mol. The van der Waals surface area contributed by atoms with Gasteiger partial charge in [0, 0.05) is 0 Å². The SMILES string of the molecule is C=CCOS(=O)(=O)CCC(C)O.[H-].[Na+]. The van der Waals surface area contributed by atoms with Gasteiger partial charge in [0.15, 0.2) is 0 Å². The predicted octanol–water partition coefficient (Wildman–Crippen LogP) is -2.59. The third-order valence-electron chi connectivity index (χ3n) is 1.15. The Bertz CT molecular complexity index is 228. The minimum Gasteiger partial charge on any atom is -1.00 e. The predicted molar refractivity (Wildman–Crippen MR) is 47.3 cm³/mol. The summed E-state index contributed by atoms with van der Waals surface area (Å²) in [4.78, 5) is 0. The third-order valence-corrected chi connectivity index (χ3v) is 2.38. The monoisotopic (exact) mass is 218 g/mol. The van der Waals surface area contributed by atoms with Crippen LogP contribution in [0.3, 0.4) is 0 Å². The molecular formula is C7H15NaO4S. The van der Waals surface area contributed by atoms with E-state index in [0.29, 0.717) is 0 Å². The van der Waals surface area contributed by atoms with Crippen LogP contribution in [0, 0.1) is 0 Å². The quantitative estimate of drug-likeness (QED) is 0.302. The molecule has 0 saturated carbocycles. The Morgan fingerprint density at radius 3 is 2.62 bits per heavy atom. The number of aliphatic hydroxyl groups excluding tert-OH is 1. The van der Waals surface area contributed by atoms with Crippen LogP contribution in [-0.4, -0.2) is 32.0 Å². The van der Waals surface area contributed by atoms with Crippen LogP contribution in [0.2, 0.25) is 0 Å². The molecule has 13 heavy (non-hydrogen) atoms. The standard InChI is InChI=1S/C7H14O4S.Na.H/c1-3-5-11-12(9,10)6-4-7(2)8;;/h3,7-8H,1,4-6H2,2H3;;/q;+1;-1.